The third kappa shape index (κ3) is 3.75. The van der Waals surface area contributed by atoms with E-state index in [9.17, 15) is 4.39 Å². The first kappa shape index (κ1) is 17.2. The number of hydrogen-bond donors (Lipinski definition) is 1. The van der Waals surface area contributed by atoms with E-state index in [0.29, 0.717) is 11.6 Å². The Morgan fingerprint density at radius 2 is 2.36 bits per heavy atom. The Balaban J connectivity index is 1.76. The van der Waals surface area contributed by atoms with Gasteiger partial charge in [-0.1, -0.05) is 17.9 Å². The quantitative estimate of drug-likeness (QED) is 0.659. The van der Waals surface area contributed by atoms with Crippen LogP contribution in [-0.4, -0.2) is 32.4 Å². The number of amidine groups is 1. The second-order valence-corrected chi connectivity index (χ2v) is 6.18. The van der Waals surface area contributed by atoms with Crippen LogP contribution < -0.4 is 16.0 Å². The summed E-state index contributed by atoms with van der Waals surface area (Å²) in [5.74, 6) is 7.08. The van der Waals surface area contributed by atoms with Gasteiger partial charge in [0.1, 0.15) is 17.0 Å². The highest BCUT2D eigenvalue weighted by atomic mass is 19.1. The first-order chi connectivity index (χ1) is 12.0. The molecule has 3 rings (SSSR count). The maximum Gasteiger partial charge on any atom is 0.191 e. The van der Waals surface area contributed by atoms with E-state index in [1.165, 1.54) is 0 Å². The van der Waals surface area contributed by atoms with Gasteiger partial charge in [0.25, 0.3) is 0 Å². The number of halogens is 1. The third-order valence-corrected chi connectivity index (χ3v) is 4.32. The molecule has 0 radical (unpaired) electrons. The zero-order chi connectivity index (χ0) is 17.9. The van der Waals surface area contributed by atoms with Gasteiger partial charge < -0.3 is 14.5 Å². The van der Waals surface area contributed by atoms with Gasteiger partial charge in [-0.25, -0.2) is 4.39 Å². The molecule has 3 atom stereocenters. The molecule has 0 amide bonds. The van der Waals surface area contributed by atoms with E-state index < -0.39 is 11.7 Å². The van der Waals surface area contributed by atoms with Gasteiger partial charge in [0.05, 0.1) is 11.5 Å². The van der Waals surface area contributed by atoms with Crippen LogP contribution in [0.3, 0.4) is 0 Å². The maximum absolute atomic E-state index is 14.2. The number of hydrogen-bond acceptors (Lipinski definition) is 3. The van der Waals surface area contributed by atoms with E-state index in [0.717, 1.165) is 17.1 Å². The summed E-state index contributed by atoms with van der Waals surface area (Å²) in [7, 11) is 3.31. The molecule has 5 heteroatoms. The van der Waals surface area contributed by atoms with Crippen LogP contribution >= 0.6 is 0 Å². The molecule has 1 aliphatic carbocycles. The van der Waals surface area contributed by atoms with Crippen molar-refractivity contribution >= 4 is 24.1 Å². The fraction of sp³-hybridized carbons (Fsp3) is 0.350. The number of alkyl halides is 1. The first-order valence-electron chi connectivity index (χ1n) is 8.14. The molecule has 1 N–H and O–H groups in total. The van der Waals surface area contributed by atoms with Gasteiger partial charge in [-0.3, -0.25) is 4.99 Å². The molecule has 0 bridgehead atoms. The van der Waals surface area contributed by atoms with Gasteiger partial charge in [0.15, 0.2) is 6.30 Å². The van der Waals surface area contributed by atoms with E-state index >= 15 is 0 Å². The summed E-state index contributed by atoms with van der Waals surface area (Å²) in [5, 5.41) is 3.71. The first-order valence-corrected chi connectivity index (χ1v) is 8.14. The molecule has 0 spiro atoms. The maximum atomic E-state index is 14.2. The molecular formula is C20H21FN2O2. The van der Waals surface area contributed by atoms with Crippen LogP contribution in [0.5, 0.6) is 0 Å². The van der Waals surface area contributed by atoms with Crippen LogP contribution in [0.15, 0.2) is 33.7 Å². The molecule has 0 aromatic carbocycles. The molecule has 4 nitrogen and oxygen atoms in total. The van der Waals surface area contributed by atoms with Crippen molar-refractivity contribution in [2.45, 2.75) is 25.7 Å². The third-order valence-electron chi connectivity index (χ3n) is 4.32. The Morgan fingerprint density at radius 1 is 1.52 bits per heavy atom. The van der Waals surface area contributed by atoms with Crippen molar-refractivity contribution in [2.24, 2.45) is 10.4 Å². The van der Waals surface area contributed by atoms with E-state index in [4.69, 9.17) is 9.15 Å². The SMILES string of the molecule is CN=C1C=CC(C)(C#C/C=C/c2cc3c(o2)=CCC(OC)C=3)C(F)N1. The highest BCUT2D eigenvalue weighted by Crippen LogP contribution is 2.26. The van der Waals surface area contributed by atoms with Gasteiger partial charge in [-0.05, 0) is 49.8 Å². The van der Waals surface area contributed by atoms with Crippen molar-refractivity contribution in [3.05, 3.63) is 40.7 Å². The highest BCUT2D eigenvalue weighted by molar-refractivity contribution is 5.94. The summed E-state index contributed by atoms with van der Waals surface area (Å²) in [6, 6.07) is 1.95. The number of fused-ring (bicyclic) bond motifs is 1. The second kappa shape index (κ2) is 7.12. The topological polar surface area (TPSA) is 46.8 Å². The fourth-order valence-corrected chi connectivity index (χ4v) is 2.70. The Hall–Kier alpha value is -2.58. The molecule has 2 aliphatic rings. The zero-order valence-corrected chi connectivity index (χ0v) is 14.5. The van der Waals surface area contributed by atoms with Gasteiger partial charge in [0, 0.05) is 19.4 Å². The molecule has 1 aromatic heterocycles. The van der Waals surface area contributed by atoms with Crippen molar-refractivity contribution in [3.63, 3.8) is 0 Å². The van der Waals surface area contributed by atoms with Crippen molar-refractivity contribution in [2.75, 3.05) is 14.2 Å². The van der Waals surface area contributed by atoms with Crippen LogP contribution in [0.4, 0.5) is 4.39 Å². The molecule has 0 saturated heterocycles. The predicted molar refractivity (Wildman–Crippen MR) is 97.7 cm³/mol. The van der Waals surface area contributed by atoms with Crippen molar-refractivity contribution in [1.82, 2.24) is 5.32 Å². The molecule has 2 heterocycles. The minimum atomic E-state index is -1.30. The summed E-state index contributed by atoms with van der Waals surface area (Å²) < 4.78 is 25.3. The Kier molecular flexibility index (Phi) is 4.91. The zero-order valence-electron chi connectivity index (χ0n) is 14.5. The summed E-state index contributed by atoms with van der Waals surface area (Å²) in [4.78, 5) is 3.93. The van der Waals surface area contributed by atoms with E-state index in [-0.39, 0.29) is 6.10 Å². The lowest BCUT2D eigenvalue weighted by Gasteiger charge is -2.29. The number of nitrogens with zero attached hydrogens (tertiary/aromatic N) is 1. The van der Waals surface area contributed by atoms with Crippen LogP contribution in [0.25, 0.3) is 18.2 Å². The largest absolute Gasteiger partial charge is 0.457 e. The standard InChI is InChI=1S/C20H21FN2O2/c1-20(11-9-18(22-2)23-19(20)21)10-5-4-6-16-13-14-12-15(24-3)7-8-17(14)25-16/h4,6,8-9,11-13,15,19H,7H2,1-3H3,(H,22,23)/b6-4+. The lowest BCUT2D eigenvalue weighted by atomic mass is 9.87. The molecule has 1 aliphatic heterocycles. The van der Waals surface area contributed by atoms with Crippen molar-refractivity contribution < 1.29 is 13.5 Å². The Bertz CT molecular complexity index is 914. The van der Waals surface area contributed by atoms with E-state index in [1.54, 1.807) is 45.4 Å². The van der Waals surface area contributed by atoms with Crippen LogP contribution in [0.2, 0.25) is 0 Å². The predicted octanol–water partition coefficient (Wildman–Crippen LogP) is 1.77. The Labute approximate surface area is 146 Å². The van der Waals surface area contributed by atoms with Crippen LogP contribution in [0.1, 0.15) is 19.1 Å². The summed E-state index contributed by atoms with van der Waals surface area (Å²) in [6.45, 7) is 1.74. The van der Waals surface area contributed by atoms with Gasteiger partial charge in [0.2, 0.25) is 0 Å². The van der Waals surface area contributed by atoms with Crippen molar-refractivity contribution in [1.29, 1.82) is 0 Å². The minimum absolute atomic E-state index is 0.0882. The smallest absolute Gasteiger partial charge is 0.191 e. The number of ether oxygens (including phenoxy) is 1. The van der Waals surface area contributed by atoms with Crippen LogP contribution in [0, 0.1) is 17.3 Å². The number of nitrogens with one attached hydrogen (secondary N) is 1. The van der Waals surface area contributed by atoms with Gasteiger partial charge >= 0.3 is 0 Å². The molecule has 25 heavy (non-hydrogen) atoms. The number of methoxy groups -OCH3 is 1. The monoisotopic (exact) mass is 340 g/mol. The number of furan rings is 1. The van der Waals surface area contributed by atoms with Gasteiger partial charge in [-0.15, -0.1) is 0 Å². The molecule has 0 saturated carbocycles. The average Bonchev–Trinajstić information content (AvgIpc) is 3.03. The highest BCUT2D eigenvalue weighted by Gasteiger charge is 2.33. The number of aliphatic imine (C=N–C) groups is 1. The lowest BCUT2D eigenvalue weighted by molar-refractivity contribution is 0.157. The normalized spacial score (nSPS) is 29.4. The number of allylic oxidation sites excluding steroid dienone is 1. The molecular weight excluding hydrogens is 319 g/mol. The summed E-state index contributed by atoms with van der Waals surface area (Å²) in [6.07, 6.45) is 10.6. The fourth-order valence-electron chi connectivity index (χ4n) is 2.70. The molecule has 3 unspecified atom stereocenters. The van der Waals surface area contributed by atoms with E-state index in [1.807, 2.05) is 18.2 Å². The summed E-state index contributed by atoms with van der Waals surface area (Å²) >= 11 is 0. The molecule has 1 aromatic rings. The average molecular weight is 340 g/mol. The van der Waals surface area contributed by atoms with Crippen molar-refractivity contribution in [3.8, 4) is 11.8 Å². The number of rotatable bonds is 2. The Morgan fingerprint density at radius 3 is 3.08 bits per heavy atom. The lowest BCUT2D eigenvalue weighted by Crippen LogP contribution is -2.44. The van der Waals surface area contributed by atoms with Gasteiger partial charge in [-0.2, -0.15) is 0 Å². The summed E-state index contributed by atoms with van der Waals surface area (Å²) in [5.41, 5.74) is -0.0451. The van der Waals surface area contributed by atoms with Crippen LogP contribution in [-0.2, 0) is 4.74 Å². The molecule has 0 fully saturated rings. The van der Waals surface area contributed by atoms with E-state index in [2.05, 4.69) is 22.2 Å². The second-order valence-electron chi connectivity index (χ2n) is 6.18. The minimum Gasteiger partial charge on any atom is -0.457 e. The molecule has 130 valence electrons.